The van der Waals surface area contributed by atoms with Gasteiger partial charge in [-0.15, -0.1) is 0 Å². The summed E-state index contributed by atoms with van der Waals surface area (Å²) in [5.41, 5.74) is 1.36. The van der Waals surface area contributed by atoms with E-state index in [1.54, 1.807) is 31.3 Å². The summed E-state index contributed by atoms with van der Waals surface area (Å²) in [7, 11) is 1.56. The Balaban J connectivity index is 2.16. The molecule has 6 heteroatoms. The van der Waals surface area contributed by atoms with E-state index in [0.29, 0.717) is 5.56 Å². The van der Waals surface area contributed by atoms with E-state index in [-0.39, 0.29) is 11.3 Å². The second-order valence-corrected chi connectivity index (χ2v) is 7.30. The fraction of sp³-hybridized carbons (Fsp3) is 0.111. The van der Waals surface area contributed by atoms with E-state index in [2.05, 4.69) is 31.9 Å². The van der Waals surface area contributed by atoms with Crippen LogP contribution < -0.4 is 0 Å². The number of Topliss-reactive ketones (excluding diaryl/α,β-unsaturated/α-hetero) is 1. The third kappa shape index (κ3) is 2.91. The van der Waals surface area contributed by atoms with Crippen LogP contribution in [-0.2, 0) is 9.59 Å². The summed E-state index contributed by atoms with van der Waals surface area (Å²) >= 11 is 6.70. The SMILES string of the molecule is CN1C(=O)C(=O)/C(=C(/O)c2ccc(Br)cc2)[C@@H]1c1ccc(Br)cc1. The van der Waals surface area contributed by atoms with Crippen LogP contribution in [0.4, 0.5) is 0 Å². The van der Waals surface area contributed by atoms with E-state index >= 15 is 0 Å². The molecule has 3 rings (SSSR count). The third-order valence-corrected chi connectivity index (χ3v) is 5.04. The van der Waals surface area contributed by atoms with Crippen LogP contribution in [0.25, 0.3) is 5.76 Å². The standard InChI is InChI=1S/C18H13Br2NO3/c1-21-15(10-2-6-12(19)7-3-10)14(17(23)18(21)24)16(22)11-4-8-13(20)9-5-11/h2-9,15,22H,1H3/b16-14+/t15-/m0/s1. The van der Waals surface area contributed by atoms with Crippen molar-refractivity contribution < 1.29 is 14.7 Å². The molecule has 122 valence electrons. The molecule has 0 unspecified atom stereocenters. The van der Waals surface area contributed by atoms with Crippen molar-refractivity contribution in [3.05, 3.63) is 74.2 Å². The molecule has 0 saturated carbocycles. The van der Waals surface area contributed by atoms with Gasteiger partial charge in [0.15, 0.2) is 0 Å². The minimum Gasteiger partial charge on any atom is -0.507 e. The molecule has 2 aromatic rings. The van der Waals surface area contributed by atoms with Gasteiger partial charge in [-0.1, -0.05) is 56.1 Å². The maximum atomic E-state index is 12.4. The minimum atomic E-state index is -0.675. The van der Waals surface area contributed by atoms with Gasteiger partial charge in [0.05, 0.1) is 11.6 Å². The van der Waals surface area contributed by atoms with E-state index < -0.39 is 17.7 Å². The number of amides is 1. The highest BCUT2D eigenvalue weighted by atomic mass is 79.9. The molecule has 0 aromatic heterocycles. The van der Waals surface area contributed by atoms with Gasteiger partial charge in [0.2, 0.25) is 0 Å². The van der Waals surface area contributed by atoms with Crippen molar-refractivity contribution in [1.82, 2.24) is 4.90 Å². The van der Waals surface area contributed by atoms with Crippen LogP contribution >= 0.6 is 31.9 Å². The number of nitrogens with zero attached hydrogens (tertiary/aromatic N) is 1. The molecule has 1 amide bonds. The Bertz CT molecular complexity index is 842. The molecule has 24 heavy (non-hydrogen) atoms. The predicted molar refractivity (Wildman–Crippen MR) is 98.4 cm³/mol. The summed E-state index contributed by atoms with van der Waals surface area (Å²) < 4.78 is 1.76. The number of carbonyl (C=O) groups is 2. The van der Waals surface area contributed by atoms with Gasteiger partial charge in [0.1, 0.15) is 5.76 Å². The van der Waals surface area contributed by atoms with Crippen LogP contribution in [0.5, 0.6) is 0 Å². The van der Waals surface area contributed by atoms with Crippen molar-refractivity contribution in [2.24, 2.45) is 0 Å². The maximum absolute atomic E-state index is 12.4. The smallest absolute Gasteiger partial charge is 0.295 e. The maximum Gasteiger partial charge on any atom is 0.295 e. The molecule has 1 fully saturated rings. The van der Waals surface area contributed by atoms with Crippen LogP contribution in [0.1, 0.15) is 17.2 Å². The quantitative estimate of drug-likeness (QED) is 0.422. The second-order valence-electron chi connectivity index (χ2n) is 5.47. The lowest BCUT2D eigenvalue weighted by molar-refractivity contribution is -0.139. The number of benzene rings is 2. The fourth-order valence-corrected chi connectivity index (χ4v) is 3.27. The zero-order valence-corrected chi connectivity index (χ0v) is 15.8. The number of hydrogen-bond acceptors (Lipinski definition) is 3. The first-order chi connectivity index (χ1) is 11.4. The molecule has 1 aliphatic rings. The first kappa shape index (κ1) is 16.9. The Labute approximate surface area is 156 Å². The average molecular weight is 451 g/mol. The molecule has 0 bridgehead atoms. The molecular weight excluding hydrogens is 438 g/mol. The van der Waals surface area contributed by atoms with Crippen LogP contribution in [-0.4, -0.2) is 28.7 Å². The van der Waals surface area contributed by atoms with Crippen LogP contribution in [0.2, 0.25) is 0 Å². The van der Waals surface area contributed by atoms with Crippen molar-refractivity contribution in [3.63, 3.8) is 0 Å². The number of likely N-dealkylation sites (N-methyl/N-ethyl adjacent to an activating group) is 1. The summed E-state index contributed by atoms with van der Waals surface area (Å²) in [6, 6.07) is 13.6. The fourth-order valence-electron chi connectivity index (χ4n) is 2.75. The number of likely N-dealkylation sites (tertiary alicyclic amines) is 1. The lowest BCUT2D eigenvalue weighted by atomic mass is 9.95. The van der Waals surface area contributed by atoms with Gasteiger partial charge in [-0.3, -0.25) is 9.59 Å². The van der Waals surface area contributed by atoms with E-state index in [9.17, 15) is 14.7 Å². The van der Waals surface area contributed by atoms with Crippen molar-refractivity contribution in [2.75, 3.05) is 7.05 Å². The number of ketones is 1. The third-order valence-electron chi connectivity index (χ3n) is 3.98. The van der Waals surface area contributed by atoms with Gasteiger partial charge in [-0.2, -0.15) is 0 Å². The Morgan fingerprint density at radius 1 is 0.958 bits per heavy atom. The van der Waals surface area contributed by atoms with Gasteiger partial charge < -0.3 is 10.0 Å². The highest BCUT2D eigenvalue weighted by Crippen LogP contribution is 2.38. The van der Waals surface area contributed by atoms with Crippen molar-refractivity contribution in [1.29, 1.82) is 0 Å². The molecule has 1 aliphatic heterocycles. The van der Waals surface area contributed by atoms with Gasteiger partial charge in [-0.05, 0) is 29.8 Å². The molecule has 1 saturated heterocycles. The summed E-state index contributed by atoms with van der Waals surface area (Å²) in [5, 5.41) is 10.7. The number of carbonyl (C=O) groups excluding carboxylic acids is 2. The Morgan fingerprint density at radius 2 is 1.46 bits per heavy atom. The first-order valence-electron chi connectivity index (χ1n) is 7.16. The lowest BCUT2D eigenvalue weighted by Gasteiger charge is -2.21. The summed E-state index contributed by atoms with van der Waals surface area (Å²) in [6.07, 6.45) is 0. The number of halogens is 2. The summed E-state index contributed by atoms with van der Waals surface area (Å²) in [6.45, 7) is 0. The highest BCUT2D eigenvalue weighted by molar-refractivity contribution is 9.10. The molecule has 1 N–H and O–H groups in total. The molecule has 0 radical (unpaired) electrons. The van der Waals surface area contributed by atoms with Crippen LogP contribution in [0.3, 0.4) is 0 Å². The zero-order valence-electron chi connectivity index (χ0n) is 12.7. The van der Waals surface area contributed by atoms with Crippen molar-refractivity contribution in [2.45, 2.75) is 6.04 Å². The zero-order chi connectivity index (χ0) is 17.4. The highest BCUT2D eigenvalue weighted by Gasteiger charge is 2.44. The summed E-state index contributed by atoms with van der Waals surface area (Å²) in [4.78, 5) is 25.9. The van der Waals surface area contributed by atoms with Crippen LogP contribution in [0, 0.1) is 0 Å². The van der Waals surface area contributed by atoms with Gasteiger partial charge in [0, 0.05) is 21.6 Å². The topological polar surface area (TPSA) is 57.6 Å². The monoisotopic (exact) mass is 449 g/mol. The second kappa shape index (κ2) is 6.53. The number of aliphatic hydroxyl groups excluding tert-OH is 1. The molecule has 4 nitrogen and oxygen atoms in total. The van der Waals surface area contributed by atoms with E-state index in [0.717, 1.165) is 14.5 Å². The normalized spacial score (nSPS) is 19.8. The first-order valence-corrected chi connectivity index (χ1v) is 8.74. The van der Waals surface area contributed by atoms with Crippen LogP contribution in [0.15, 0.2) is 63.0 Å². The molecule has 2 aromatic carbocycles. The molecule has 0 spiro atoms. The van der Waals surface area contributed by atoms with E-state index in [4.69, 9.17) is 0 Å². The van der Waals surface area contributed by atoms with E-state index in [1.165, 1.54) is 4.90 Å². The number of rotatable bonds is 2. The van der Waals surface area contributed by atoms with E-state index in [1.807, 2.05) is 24.3 Å². The number of aliphatic hydroxyl groups is 1. The van der Waals surface area contributed by atoms with Gasteiger partial charge in [-0.25, -0.2) is 0 Å². The lowest BCUT2D eigenvalue weighted by Crippen LogP contribution is -2.24. The molecule has 1 atom stereocenters. The largest absolute Gasteiger partial charge is 0.507 e. The number of hydrogen-bond donors (Lipinski definition) is 1. The summed E-state index contributed by atoms with van der Waals surface area (Å²) in [5.74, 6) is -1.47. The van der Waals surface area contributed by atoms with Gasteiger partial charge in [0.25, 0.3) is 11.7 Å². The Morgan fingerprint density at radius 3 is 2.00 bits per heavy atom. The molecular formula is C18H13Br2NO3. The minimum absolute atomic E-state index is 0.104. The van der Waals surface area contributed by atoms with Crippen molar-refractivity contribution in [3.8, 4) is 0 Å². The molecule has 0 aliphatic carbocycles. The predicted octanol–water partition coefficient (Wildman–Crippen LogP) is 4.26. The Kier molecular flexibility index (Phi) is 4.60. The van der Waals surface area contributed by atoms with Crippen molar-refractivity contribution >= 4 is 49.3 Å². The van der Waals surface area contributed by atoms with Gasteiger partial charge >= 0.3 is 0 Å². The Hall–Kier alpha value is -1.92. The average Bonchev–Trinajstić information content (AvgIpc) is 2.80. The molecule has 1 heterocycles.